The molecule has 0 bridgehead atoms. The first-order valence-electron chi connectivity index (χ1n) is 4.61. The Morgan fingerprint density at radius 1 is 1.36 bits per heavy atom. The molecule has 0 saturated carbocycles. The predicted molar refractivity (Wildman–Crippen MR) is 67.1 cm³/mol. The molecule has 0 atom stereocenters. The molecule has 14 heavy (non-hydrogen) atoms. The summed E-state index contributed by atoms with van der Waals surface area (Å²) in [6.45, 7) is 5.04. The molecule has 3 heteroatoms. The summed E-state index contributed by atoms with van der Waals surface area (Å²) in [4.78, 5) is 0. The van der Waals surface area contributed by atoms with Crippen molar-refractivity contribution in [3.8, 4) is 5.75 Å². The highest BCUT2D eigenvalue weighted by atomic mass is 79.9. The summed E-state index contributed by atoms with van der Waals surface area (Å²) >= 11 is 6.94. The Bertz CT molecular complexity index is 297. The lowest BCUT2D eigenvalue weighted by Gasteiger charge is -2.13. The minimum Gasteiger partial charge on any atom is -0.492 e. The van der Waals surface area contributed by atoms with E-state index in [1.165, 1.54) is 5.56 Å². The van der Waals surface area contributed by atoms with E-state index in [2.05, 4.69) is 51.8 Å². The van der Waals surface area contributed by atoms with Gasteiger partial charge in [-0.1, -0.05) is 41.9 Å². The maximum atomic E-state index is 5.74. The van der Waals surface area contributed by atoms with E-state index in [1.807, 2.05) is 12.1 Å². The number of benzene rings is 1. The Labute approximate surface area is 102 Å². The summed E-state index contributed by atoms with van der Waals surface area (Å²) in [6.07, 6.45) is 0. The SMILES string of the molecule is CC(C)COc1c(Br)cccc1CBr. The van der Waals surface area contributed by atoms with Gasteiger partial charge in [0.25, 0.3) is 0 Å². The monoisotopic (exact) mass is 320 g/mol. The second kappa shape index (κ2) is 5.76. The van der Waals surface area contributed by atoms with Gasteiger partial charge in [-0.3, -0.25) is 0 Å². The van der Waals surface area contributed by atoms with Crippen LogP contribution in [0.15, 0.2) is 22.7 Å². The average Bonchev–Trinajstić information content (AvgIpc) is 2.15. The predicted octanol–water partition coefficient (Wildman–Crippen LogP) is 4.38. The quantitative estimate of drug-likeness (QED) is 0.748. The highest BCUT2D eigenvalue weighted by Crippen LogP contribution is 2.30. The summed E-state index contributed by atoms with van der Waals surface area (Å²) < 4.78 is 6.77. The number of rotatable bonds is 4. The zero-order valence-electron chi connectivity index (χ0n) is 8.39. The molecular formula is C11H14Br2O. The highest BCUT2D eigenvalue weighted by molar-refractivity contribution is 9.10. The minimum absolute atomic E-state index is 0.547. The lowest BCUT2D eigenvalue weighted by Crippen LogP contribution is -2.06. The summed E-state index contributed by atoms with van der Waals surface area (Å²) in [5.41, 5.74) is 1.18. The summed E-state index contributed by atoms with van der Waals surface area (Å²) in [6, 6.07) is 6.08. The highest BCUT2D eigenvalue weighted by Gasteiger charge is 2.07. The Morgan fingerprint density at radius 3 is 2.64 bits per heavy atom. The second-order valence-corrected chi connectivity index (χ2v) is 4.98. The zero-order valence-corrected chi connectivity index (χ0v) is 11.6. The van der Waals surface area contributed by atoms with Crippen molar-refractivity contribution in [1.82, 2.24) is 0 Å². The van der Waals surface area contributed by atoms with E-state index in [0.29, 0.717) is 5.92 Å². The third kappa shape index (κ3) is 3.28. The van der Waals surface area contributed by atoms with Gasteiger partial charge in [0.15, 0.2) is 0 Å². The standard InChI is InChI=1S/C11H14Br2O/c1-8(2)7-14-11-9(6-12)4-3-5-10(11)13/h3-5,8H,6-7H2,1-2H3. The molecule has 0 aliphatic heterocycles. The Balaban J connectivity index is 2.82. The van der Waals surface area contributed by atoms with Crippen LogP contribution in [0.2, 0.25) is 0 Å². The fourth-order valence-electron chi connectivity index (χ4n) is 1.07. The van der Waals surface area contributed by atoms with Crippen LogP contribution in [0, 0.1) is 5.92 Å². The molecule has 0 aliphatic rings. The van der Waals surface area contributed by atoms with Gasteiger partial charge < -0.3 is 4.74 Å². The second-order valence-electron chi connectivity index (χ2n) is 3.57. The van der Waals surface area contributed by atoms with Gasteiger partial charge >= 0.3 is 0 Å². The number of hydrogen-bond acceptors (Lipinski definition) is 1. The van der Waals surface area contributed by atoms with Gasteiger partial charge in [0.2, 0.25) is 0 Å². The van der Waals surface area contributed by atoms with Crippen LogP contribution in [-0.2, 0) is 5.33 Å². The summed E-state index contributed by atoms with van der Waals surface area (Å²) in [5.74, 6) is 1.50. The van der Waals surface area contributed by atoms with Gasteiger partial charge in [0, 0.05) is 10.9 Å². The minimum atomic E-state index is 0.547. The normalized spacial score (nSPS) is 10.6. The number of para-hydroxylation sites is 1. The van der Waals surface area contributed by atoms with Crippen LogP contribution >= 0.6 is 31.9 Å². The van der Waals surface area contributed by atoms with Crippen molar-refractivity contribution in [2.24, 2.45) is 5.92 Å². The molecule has 0 heterocycles. The molecule has 0 fully saturated rings. The van der Waals surface area contributed by atoms with E-state index in [1.54, 1.807) is 0 Å². The average molecular weight is 322 g/mol. The van der Waals surface area contributed by atoms with Gasteiger partial charge in [-0.15, -0.1) is 0 Å². The fourth-order valence-corrected chi connectivity index (χ4v) is 2.03. The zero-order chi connectivity index (χ0) is 10.6. The van der Waals surface area contributed by atoms with Crippen molar-refractivity contribution in [1.29, 1.82) is 0 Å². The third-order valence-electron chi connectivity index (χ3n) is 1.75. The molecule has 1 rings (SSSR count). The van der Waals surface area contributed by atoms with Crippen LogP contribution in [0.1, 0.15) is 19.4 Å². The number of alkyl halides is 1. The lowest BCUT2D eigenvalue weighted by atomic mass is 10.2. The molecule has 0 aromatic heterocycles. The summed E-state index contributed by atoms with van der Waals surface area (Å²) in [7, 11) is 0. The van der Waals surface area contributed by atoms with Gasteiger partial charge in [0.05, 0.1) is 11.1 Å². The van der Waals surface area contributed by atoms with Gasteiger partial charge in [0.1, 0.15) is 5.75 Å². The van der Waals surface area contributed by atoms with E-state index in [0.717, 1.165) is 22.2 Å². The lowest BCUT2D eigenvalue weighted by molar-refractivity contribution is 0.268. The van der Waals surface area contributed by atoms with E-state index in [4.69, 9.17) is 4.74 Å². The Hall–Kier alpha value is -0.0200. The van der Waals surface area contributed by atoms with Crippen LogP contribution in [0.5, 0.6) is 5.75 Å². The molecule has 0 unspecified atom stereocenters. The van der Waals surface area contributed by atoms with Gasteiger partial charge in [-0.2, -0.15) is 0 Å². The van der Waals surface area contributed by atoms with E-state index in [-0.39, 0.29) is 0 Å². The first-order chi connectivity index (χ1) is 6.65. The van der Waals surface area contributed by atoms with Crippen LogP contribution in [0.25, 0.3) is 0 Å². The molecule has 1 aromatic carbocycles. The van der Waals surface area contributed by atoms with Gasteiger partial charge in [-0.25, -0.2) is 0 Å². The molecule has 0 saturated heterocycles. The van der Waals surface area contributed by atoms with Crippen molar-refractivity contribution in [2.45, 2.75) is 19.2 Å². The molecular weight excluding hydrogens is 308 g/mol. The molecule has 1 aromatic rings. The Kier molecular flexibility index (Phi) is 4.96. The topological polar surface area (TPSA) is 9.23 Å². The fraction of sp³-hybridized carbons (Fsp3) is 0.455. The molecule has 1 nitrogen and oxygen atoms in total. The van der Waals surface area contributed by atoms with E-state index >= 15 is 0 Å². The first-order valence-corrected chi connectivity index (χ1v) is 6.52. The number of hydrogen-bond donors (Lipinski definition) is 0. The Morgan fingerprint density at radius 2 is 2.07 bits per heavy atom. The van der Waals surface area contributed by atoms with Crippen molar-refractivity contribution >= 4 is 31.9 Å². The van der Waals surface area contributed by atoms with Crippen LogP contribution < -0.4 is 4.74 Å². The molecule has 0 spiro atoms. The van der Waals surface area contributed by atoms with E-state index in [9.17, 15) is 0 Å². The van der Waals surface area contributed by atoms with Crippen molar-refractivity contribution in [3.63, 3.8) is 0 Å². The molecule has 0 aliphatic carbocycles. The van der Waals surface area contributed by atoms with Crippen LogP contribution in [0.4, 0.5) is 0 Å². The third-order valence-corrected chi connectivity index (χ3v) is 2.98. The van der Waals surface area contributed by atoms with Crippen LogP contribution in [0.3, 0.4) is 0 Å². The smallest absolute Gasteiger partial charge is 0.137 e. The molecule has 78 valence electrons. The van der Waals surface area contributed by atoms with Crippen molar-refractivity contribution in [3.05, 3.63) is 28.2 Å². The van der Waals surface area contributed by atoms with Crippen LogP contribution in [-0.4, -0.2) is 6.61 Å². The number of halogens is 2. The first kappa shape index (κ1) is 12.1. The van der Waals surface area contributed by atoms with Crippen molar-refractivity contribution < 1.29 is 4.74 Å². The maximum Gasteiger partial charge on any atom is 0.137 e. The maximum absolute atomic E-state index is 5.74. The molecule has 0 amide bonds. The molecule has 0 N–H and O–H groups in total. The van der Waals surface area contributed by atoms with Gasteiger partial charge in [-0.05, 0) is 27.9 Å². The van der Waals surface area contributed by atoms with Crippen molar-refractivity contribution in [2.75, 3.05) is 6.61 Å². The van der Waals surface area contributed by atoms with E-state index < -0.39 is 0 Å². The largest absolute Gasteiger partial charge is 0.492 e. The summed E-state index contributed by atoms with van der Waals surface area (Å²) in [5, 5.41) is 0.819. The molecule has 0 radical (unpaired) electrons. The number of ether oxygens (including phenoxy) is 1.